The largest absolute Gasteiger partial charge is 0.397 e. The number of hydrogen-bond acceptors (Lipinski definition) is 3. The first-order chi connectivity index (χ1) is 7.56. The topological polar surface area (TPSA) is 38.5 Å². The number of halogens is 1. The van der Waals surface area contributed by atoms with Crippen molar-refractivity contribution >= 4 is 27.3 Å². The van der Waals surface area contributed by atoms with E-state index >= 15 is 0 Å². The summed E-state index contributed by atoms with van der Waals surface area (Å²) in [6, 6.07) is 5.97. The van der Waals surface area contributed by atoms with Crippen molar-refractivity contribution < 1.29 is 4.74 Å². The standard InChI is InChI=1S/C12H17BrN2O/c1-8-6-15(7-9(2)16-8)12-5-10(13)3-4-11(12)14/h3-5,8-9H,6-7,14H2,1-2H3/t8-,9+. The third-order valence-corrected chi connectivity index (χ3v) is 3.25. The van der Waals surface area contributed by atoms with Gasteiger partial charge in [0.25, 0.3) is 0 Å². The summed E-state index contributed by atoms with van der Waals surface area (Å²) in [6.07, 6.45) is 0.504. The van der Waals surface area contributed by atoms with Crippen LogP contribution in [0.15, 0.2) is 22.7 Å². The van der Waals surface area contributed by atoms with Gasteiger partial charge in [-0.1, -0.05) is 15.9 Å². The van der Waals surface area contributed by atoms with Crippen molar-refractivity contribution in [3.63, 3.8) is 0 Å². The zero-order valence-corrected chi connectivity index (χ0v) is 11.2. The van der Waals surface area contributed by atoms with Crippen molar-refractivity contribution in [1.29, 1.82) is 0 Å². The molecule has 0 spiro atoms. The second-order valence-corrected chi connectivity index (χ2v) is 5.28. The van der Waals surface area contributed by atoms with E-state index in [-0.39, 0.29) is 12.2 Å². The second kappa shape index (κ2) is 4.63. The number of rotatable bonds is 1. The van der Waals surface area contributed by atoms with Crippen LogP contribution in [0.4, 0.5) is 11.4 Å². The molecule has 16 heavy (non-hydrogen) atoms. The van der Waals surface area contributed by atoms with Crippen LogP contribution in [0.25, 0.3) is 0 Å². The van der Waals surface area contributed by atoms with Crippen LogP contribution in [0.2, 0.25) is 0 Å². The number of hydrogen-bond donors (Lipinski definition) is 1. The van der Waals surface area contributed by atoms with Crippen LogP contribution in [-0.4, -0.2) is 25.3 Å². The minimum absolute atomic E-state index is 0.252. The molecule has 0 aromatic heterocycles. The van der Waals surface area contributed by atoms with Gasteiger partial charge >= 0.3 is 0 Å². The monoisotopic (exact) mass is 284 g/mol. The van der Waals surface area contributed by atoms with Crippen LogP contribution in [0.5, 0.6) is 0 Å². The average molecular weight is 285 g/mol. The molecule has 1 saturated heterocycles. The SMILES string of the molecule is C[C@@H]1CN(c2cc(Br)ccc2N)C[C@H](C)O1. The molecule has 1 aliphatic heterocycles. The molecule has 2 rings (SSSR count). The van der Waals surface area contributed by atoms with E-state index in [2.05, 4.69) is 40.7 Å². The summed E-state index contributed by atoms with van der Waals surface area (Å²) in [4.78, 5) is 2.29. The number of nitrogens with zero attached hydrogens (tertiary/aromatic N) is 1. The number of ether oxygens (including phenoxy) is 1. The summed E-state index contributed by atoms with van der Waals surface area (Å²) < 4.78 is 6.77. The quantitative estimate of drug-likeness (QED) is 0.806. The Kier molecular flexibility index (Phi) is 3.40. The van der Waals surface area contributed by atoms with E-state index in [4.69, 9.17) is 10.5 Å². The Bertz CT molecular complexity index is 373. The Labute approximate surface area is 105 Å². The maximum absolute atomic E-state index is 6.01. The Morgan fingerprint density at radius 1 is 1.31 bits per heavy atom. The maximum Gasteiger partial charge on any atom is 0.0726 e. The highest BCUT2D eigenvalue weighted by molar-refractivity contribution is 9.10. The predicted octanol–water partition coefficient (Wildman–Crippen LogP) is 2.64. The van der Waals surface area contributed by atoms with Crippen LogP contribution in [0.3, 0.4) is 0 Å². The number of benzene rings is 1. The van der Waals surface area contributed by atoms with Gasteiger partial charge in [0.1, 0.15) is 0 Å². The molecule has 0 aliphatic carbocycles. The van der Waals surface area contributed by atoms with E-state index in [1.54, 1.807) is 0 Å². The second-order valence-electron chi connectivity index (χ2n) is 4.37. The minimum atomic E-state index is 0.252. The van der Waals surface area contributed by atoms with Crippen LogP contribution in [0, 0.1) is 0 Å². The molecule has 1 aromatic carbocycles. The zero-order valence-electron chi connectivity index (χ0n) is 9.61. The van der Waals surface area contributed by atoms with E-state index in [1.165, 1.54) is 0 Å². The molecule has 1 aliphatic rings. The van der Waals surface area contributed by atoms with Crippen molar-refractivity contribution in [1.82, 2.24) is 0 Å². The van der Waals surface area contributed by atoms with Gasteiger partial charge in [-0.05, 0) is 32.0 Å². The number of morpholine rings is 1. The molecule has 1 heterocycles. The summed E-state index contributed by atoms with van der Waals surface area (Å²) in [7, 11) is 0. The van der Waals surface area contributed by atoms with Gasteiger partial charge in [0.15, 0.2) is 0 Å². The lowest BCUT2D eigenvalue weighted by Gasteiger charge is -2.37. The van der Waals surface area contributed by atoms with Gasteiger partial charge < -0.3 is 15.4 Å². The molecule has 2 atom stereocenters. The summed E-state index contributed by atoms with van der Waals surface area (Å²) in [5.74, 6) is 0. The molecule has 0 radical (unpaired) electrons. The third-order valence-electron chi connectivity index (χ3n) is 2.75. The van der Waals surface area contributed by atoms with Crippen molar-refractivity contribution in [2.75, 3.05) is 23.7 Å². The number of anilines is 2. The summed E-state index contributed by atoms with van der Waals surface area (Å²) in [6.45, 7) is 5.98. The van der Waals surface area contributed by atoms with Crippen molar-refractivity contribution in [2.24, 2.45) is 0 Å². The molecular weight excluding hydrogens is 268 g/mol. The Morgan fingerprint density at radius 3 is 2.56 bits per heavy atom. The van der Waals surface area contributed by atoms with E-state index in [1.807, 2.05) is 12.1 Å². The Morgan fingerprint density at radius 2 is 1.94 bits per heavy atom. The number of nitrogen functional groups attached to an aromatic ring is 1. The minimum Gasteiger partial charge on any atom is -0.397 e. The molecule has 4 heteroatoms. The van der Waals surface area contributed by atoms with E-state index in [0.717, 1.165) is 28.9 Å². The fraction of sp³-hybridized carbons (Fsp3) is 0.500. The van der Waals surface area contributed by atoms with Gasteiger partial charge in [-0.2, -0.15) is 0 Å². The lowest BCUT2D eigenvalue weighted by Crippen LogP contribution is -2.45. The molecule has 0 bridgehead atoms. The first-order valence-corrected chi connectivity index (χ1v) is 6.31. The Balaban J connectivity index is 2.25. The molecule has 1 fully saturated rings. The summed E-state index contributed by atoms with van der Waals surface area (Å²) >= 11 is 3.48. The van der Waals surface area contributed by atoms with E-state index in [9.17, 15) is 0 Å². The van der Waals surface area contributed by atoms with Gasteiger partial charge in [0.05, 0.1) is 23.6 Å². The summed E-state index contributed by atoms with van der Waals surface area (Å²) in [5, 5.41) is 0. The van der Waals surface area contributed by atoms with Gasteiger partial charge in [0, 0.05) is 17.6 Å². The van der Waals surface area contributed by atoms with Crippen LogP contribution in [-0.2, 0) is 4.74 Å². The predicted molar refractivity (Wildman–Crippen MR) is 70.8 cm³/mol. The number of nitrogens with two attached hydrogens (primary N) is 1. The van der Waals surface area contributed by atoms with Crippen LogP contribution in [0.1, 0.15) is 13.8 Å². The fourth-order valence-corrected chi connectivity index (χ4v) is 2.51. The fourth-order valence-electron chi connectivity index (χ4n) is 2.17. The van der Waals surface area contributed by atoms with E-state index < -0.39 is 0 Å². The molecule has 0 saturated carbocycles. The molecule has 2 N–H and O–H groups in total. The van der Waals surface area contributed by atoms with Crippen molar-refractivity contribution in [3.05, 3.63) is 22.7 Å². The van der Waals surface area contributed by atoms with Gasteiger partial charge in [-0.3, -0.25) is 0 Å². The third kappa shape index (κ3) is 2.50. The van der Waals surface area contributed by atoms with Gasteiger partial charge in [0.2, 0.25) is 0 Å². The highest BCUT2D eigenvalue weighted by Gasteiger charge is 2.23. The van der Waals surface area contributed by atoms with Gasteiger partial charge in [-0.25, -0.2) is 0 Å². The van der Waals surface area contributed by atoms with Crippen molar-refractivity contribution in [2.45, 2.75) is 26.1 Å². The van der Waals surface area contributed by atoms with E-state index in [0.29, 0.717) is 0 Å². The highest BCUT2D eigenvalue weighted by Crippen LogP contribution is 2.29. The molecule has 88 valence electrons. The smallest absolute Gasteiger partial charge is 0.0726 e. The molecule has 1 aromatic rings. The average Bonchev–Trinajstić information content (AvgIpc) is 2.20. The first-order valence-electron chi connectivity index (χ1n) is 5.51. The lowest BCUT2D eigenvalue weighted by molar-refractivity contribution is -0.00517. The Hall–Kier alpha value is -0.740. The first kappa shape index (κ1) is 11.7. The molecule has 0 unspecified atom stereocenters. The van der Waals surface area contributed by atoms with Gasteiger partial charge in [-0.15, -0.1) is 0 Å². The lowest BCUT2D eigenvalue weighted by atomic mass is 10.2. The van der Waals surface area contributed by atoms with Crippen LogP contribution >= 0.6 is 15.9 Å². The molecule has 3 nitrogen and oxygen atoms in total. The normalized spacial score (nSPS) is 25.8. The molecule has 0 amide bonds. The maximum atomic E-state index is 6.01. The zero-order chi connectivity index (χ0) is 11.7. The van der Waals surface area contributed by atoms with Crippen molar-refractivity contribution in [3.8, 4) is 0 Å². The molecular formula is C12H17BrN2O. The summed E-state index contributed by atoms with van der Waals surface area (Å²) in [5.41, 5.74) is 7.93. The van der Waals surface area contributed by atoms with Crippen LogP contribution < -0.4 is 10.6 Å². The highest BCUT2D eigenvalue weighted by atomic mass is 79.9.